The molecule has 5 rings (SSSR count). The van der Waals surface area contributed by atoms with Crippen molar-refractivity contribution in [2.75, 3.05) is 13.1 Å². The molecule has 1 saturated heterocycles. The number of hydrogen-bond acceptors (Lipinski definition) is 11. The second-order valence-corrected chi connectivity index (χ2v) is 16.3. The van der Waals surface area contributed by atoms with Crippen LogP contribution in [0.3, 0.4) is 0 Å². The van der Waals surface area contributed by atoms with Crippen LogP contribution >= 0.6 is 0 Å². The highest BCUT2D eigenvalue weighted by molar-refractivity contribution is 5.91. The van der Waals surface area contributed by atoms with Gasteiger partial charge in [0.25, 0.3) is 5.91 Å². The van der Waals surface area contributed by atoms with Crippen LogP contribution in [0.25, 0.3) is 0 Å². The van der Waals surface area contributed by atoms with Crippen molar-refractivity contribution in [2.24, 2.45) is 23.5 Å². The maximum atomic E-state index is 15.2. The highest BCUT2D eigenvalue weighted by Gasteiger charge is 2.44. The normalized spacial score (nSPS) is 16.0. The molecule has 4 aromatic rings. The number of Topliss-reactive ketones (excluding diaryl/α,β-unsaturated/α-hetero) is 1. The highest BCUT2D eigenvalue weighted by atomic mass is 19.1. The lowest BCUT2D eigenvalue weighted by atomic mass is 9.80. The first-order valence-electron chi connectivity index (χ1n) is 21.3. The van der Waals surface area contributed by atoms with E-state index in [-0.39, 0.29) is 26.3 Å². The van der Waals surface area contributed by atoms with Crippen LogP contribution < -0.4 is 27.1 Å². The molecule has 336 valence electrons. The van der Waals surface area contributed by atoms with E-state index in [9.17, 15) is 23.6 Å². The fraction of sp³-hybridized carbons (Fsp3) is 0.396. The topological polar surface area (TPSA) is 190 Å². The van der Waals surface area contributed by atoms with Crippen LogP contribution in [0.15, 0.2) is 115 Å². The fourth-order valence-corrected chi connectivity index (χ4v) is 7.31. The summed E-state index contributed by atoms with van der Waals surface area (Å²) in [6.45, 7) is 7.21. The molecule has 4 aromatic carbocycles. The number of hydrogen-bond donors (Lipinski definition) is 5. The molecular weight excluding hydrogens is 808 g/mol. The van der Waals surface area contributed by atoms with E-state index < -0.39 is 83.7 Å². The Morgan fingerprint density at radius 2 is 1.25 bits per heavy atom. The molecule has 1 aliphatic rings. The molecule has 6 N–H and O–H groups in total. The van der Waals surface area contributed by atoms with Crippen LogP contribution in [0.1, 0.15) is 68.8 Å². The molecule has 15 heteroatoms. The van der Waals surface area contributed by atoms with Gasteiger partial charge in [0.2, 0.25) is 0 Å². The van der Waals surface area contributed by atoms with Gasteiger partial charge in [0.05, 0.1) is 18.5 Å². The van der Waals surface area contributed by atoms with Gasteiger partial charge in [-0.25, -0.2) is 19.0 Å². The summed E-state index contributed by atoms with van der Waals surface area (Å²) < 4.78 is 31.4. The molecule has 0 saturated carbocycles. The van der Waals surface area contributed by atoms with Crippen LogP contribution in [0.4, 0.5) is 14.0 Å². The molecule has 3 amide bonds. The summed E-state index contributed by atoms with van der Waals surface area (Å²) >= 11 is 0. The number of esters is 1. The predicted molar refractivity (Wildman–Crippen MR) is 235 cm³/mol. The third-order valence-corrected chi connectivity index (χ3v) is 10.8. The van der Waals surface area contributed by atoms with Gasteiger partial charge in [-0.2, -0.15) is 0 Å². The van der Waals surface area contributed by atoms with Crippen LogP contribution in [0.5, 0.6) is 0 Å². The molecule has 0 aromatic heterocycles. The largest absolute Gasteiger partial charge is 0.459 e. The number of ether oxygens (including phenoxy) is 3. The molecule has 1 heterocycles. The molecule has 1 aliphatic heterocycles. The summed E-state index contributed by atoms with van der Waals surface area (Å²) in [4.78, 5) is 69.8. The molecule has 6 atom stereocenters. The van der Waals surface area contributed by atoms with E-state index in [1.165, 1.54) is 29.3 Å². The number of ketones is 1. The molecule has 0 aliphatic carbocycles. The van der Waals surface area contributed by atoms with Crippen LogP contribution in [0.2, 0.25) is 0 Å². The Labute approximate surface area is 368 Å². The zero-order valence-corrected chi connectivity index (χ0v) is 36.2. The average Bonchev–Trinajstić information content (AvgIpc) is 3.83. The van der Waals surface area contributed by atoms with Crippen molar-refractivity contribution >= 4 is 29.8 Å². The summed E-state index contributed by atoms with van der Waals surface area (Å²) in [7, 11) is 0. The zero-order valence-electron chi connectivity index (χ0n) is 36.2. The van der Waals surface area contributed by atoms with E-state index >= 15 is 4.79 Å². The lowest BCUT2D eigenvalue weighted by Crippen LogP contribution is -2.58. The minimum Gasteiger partial charge on any atom is -0.459 e. The number of amides is 3. The maximum absolute atomic E-state index is 15.2. The van der Waals surface area contributed by atoms with E-state index in [0.29, 0.717) is 24.1 Å². The first-order valence-corrected chi connectivity index (χ1v) is 21.3. The van der Waals surface area contributed by atoms with Crippen LogP contribution in [-0.4, -0.2) is 72.2 Å². The molecule has 0 spiro atoms. The third kappa shape index (κ3) is 14.7. The Morgan fingerprint density at radius 3 is 1.76 bits per heavy atom. The van der Waals surface area contributed by atoms with Crippen molar-refractivity contribution in [1.29, 1.82) is 0 Å². The Morgan fingerprint density at radius 1 is 0.730 bits per heavy atom. The van der Waals surface area contributed by atoms with Gasteiger partial charge in [-0.05, 0) is 65.6 Å². The SMILES string of the molecule is CC(C)[C@H](NC(=O)OCc1ccccc1)C(=O)NN(Cc1ccc(F)cc1)CC(OC(=O)C1CCCN1)C(C(=O)[C@@H](NC(=O)OCc1ccccc1)C(C)C)C(N)c1ccccc1. The fourth-order valence-electron chi connectivity index (χ4n) is 7.31. The monoisotopic (exact) mass is 866 g/mol. The van der Waals surface area contributed by atoms with Gasteiger partial charge < -0.3 is 35.9 Å². The Bertz CT molecular complexity index is 2070. The summed E-state index contributed by atoms with van der Waals surface area (Å²) in [5, 5.41) is 10.0. The van der Waals surface area contributed by atoms with Gasteiger partial charge in [0.15, 0.2) is 5.78 Å². The number of carbonyl (C=O) groups excluding carboxylic acids is 5. The van der Waals surface area contributed by atoms with Crippen molar-refractivity contribution in [1.82, 2.24) is 26.4 Å². The first kappa shape index (κ1) is 47.9. The Kier molecular flexibility index (Phi) is 18.2. The second-order valence-electron chi connectivity index (χ2n) is 16.3. The molecule has 0 bridgehead atoms. The molecule has 14 nitrogen and oxygen atoms in total. The number of nitrogens with two attached hydrogens (primary N) is 1. The number of alkyl carbamates (subject to hydrolysis) is 2. The van der Waals surface area contributed by atoms with Crippen molar-refractivity contribution < 1.29 is 42.6 Å². The van der Waals surface area contributed by atoms with Crippen molar-refractivity contribution in [3.05, 3.63) is 143 Å². The van der Waals surface area contributed by atoms with Crippen LogP contribution in [-0.2, 0) is 48.4 Å². The van der Waals surface area contributed by atoms with E-state index in [2.05, 4.69) is 21.4 Å². The molecule has 63 heavy (non-hydrogen) atoms. The van der Waals surface area contributed by atoms with Crippen molar-refractivity contribution in [3.8, 4) is 0 Å². The van der Waals surface area contributed by atoms with Crippen molar-refractivity contribution in [3.63, 3.8) is 0 Å². The molecule has 1 fully saturated rings. The molecule has 0 radical (unpaired) electrons. The quantitative estimate of drug-likeness (QED) is 0.0369. The lowest BCUT2D eigenvalue weighted by molar-refractivity contribution is -0.159. The maximum Gasteiger partial charge on any atom is 0.408 e. The predicted octanol–water partition coefficient (Wildman–Crippen LogP) is 6.11. The number of halogens is 1. The van der Waals surface area contributed by atoms with Gasteiger partial charge >= 0.3 is 18.2 Å². The summed E-state index contributed by atoms with van der Waals surface area (Å²) in [5.74, 6) is -4.48. The standard InChI is InChI=1S/C48H59FN6O8/c1-31(2)42(52-47(59)61-29-34-15-8-5-9-16-34)44(56)40(41(50)36-19-12-7-13-20-36)39(63-46(58)38-21-14-26-51-38)28-55(27-33-22-24-37(49)25-23-33)54-45(57)43(32(3)4)53-48(60)62-30-35-17-10-6-11-18-35/h5-13,15-20,22-25,31-32,38-43,51H,14,21,26-30,50H2,1-4H3,(H,52,59)(H,53,60)(H,54,57)/t38?,39?,40?,41?,42-,43-/m0/s1. The summed E-state index contributed by atoms with van der Waals surface area (Å²) in [6, 6.07) is 28.6. The summed E-state index contributed by atoms with van der Waals surface area (Å²) in [5.41, 5.74) is 12.6. The average molecular weight is 867 g/mol. The smallest absolute Gasteiger partial charge is 0.408 e. The van der Waals surface area contributed by atoms with E-state index in [4.69, 9.17) is 19.9 Å². The lowest BCUT2D eigenvalue weighted by Gasteiger charge is -2.37. The van der Waals surface area contributed by atoms with E-state index in [1.807, 2.05) is 36.4 Å². The summed E-state index contributed by atoms with van der Waals surface area (Å²) in [6.07, 6.45) is -1.77. The number of nitrogens with zero attached hydrogens (tertiary/aromatic N) is 1. The van der Waals surface area contributed by atoms with Gasteiger partial charge in [0, 0.05) is 12.6 Å². The van der Waals surface area contributed by atoms with Crippen molar-refractivity contribution in [2.45, 2.75) is 90.6 Å². The minimum atomic E-state index is -1.34. The van der Waals surface area contributed by atoms with Gasteiger partial charge in [-0.1, -0.05) is 131 Å². The molecular formula is C48H59FN6O8. The van der Waals surface area contributed by atoms with Gasteiger partial charge in [-0.3, -0.25) is 19.8 Å². The molecule has 4 unspecified atom stereocenters. The van der Waals surface area contributed by atoms with E-state index in [1.54, 1.807) is 82.3 Å². The van der Waals surface area contributed by atoms with Gasteiger partial charge in [-0.15, -0.1) is 0 Å². The van der Waals surface area contributed by atoms with Crippen LogP contribution in [0, 0.1) is 23.6 Å². The number of nitrogens with one attached hydrogen (secondary N) is 4. The number of rotatable bonds is 21. The van der Waals surface area contributed by atoms with Gasteiger partial charge in [0.1, 0.15) is 37.2 Å². The third-order valence-electron chi connectivity index (χ3n) is 10.8. The number of carbonyl (C=O) groups is 5. The van der Waals surface area contributed by atoms with E-state index in [0.717, 1.165) is 17.5 Å². The second kappa shape index (κ2) is 23.9. The number of benzene rings is 4. The zero-order chi connectivity index (χ0) is 45.3. The highest BCUT2D eigenvalue weighted by Crippen LogP contribution is 2.30. The Balaban J connectivity index is 1.49. The minimum absolute atomic E-state index is 0.0211. The first-order chi connectivity index (χ1) is 30.3. The number of hydrazine groups is 1. The Hall–Kier alpha value is -6.16.